The average Bonchev–Trinajstić information content (AvgIpc) is 2.57. The second-order valence-electron chi connectivity index (χ2n) is 7.28. The molecular weight excluding hydrogens is 308 g/mol. The largest absolute Gasteiger partial charge is 0.239 e. The van der Waals surface area contributed by atoms with E-state index in [1.165, 1.54) is 0 Å². The van der Waals surface area contributed by atoms with Crippen LogP contribution in [-0.4, -0.2) is 0 Å². The molecule has 4 heteroatoms. The molecule has 2 aromatic carbocycles. The zero-order chi connectivity index (χ0) is 18.9. The Balaban J connectivity index is 3.30. The molecule has 0 saturated heterocycles. The monoisotopic (exact) mass is 326 g/mol. The molecule has 0 aliphatic rings. The molecule has 0 spiro atoms. The molecule has 2 rings (SSSR count). The average molecular weight is 326 g/mol. The Bertz CT molecular complexity index is 1040. The zero-order valence-electron chi connectivity index (χ0n) is 15.0. The van der Waals surface area contributed by atoms with Gasteiger partial charge in [0.2, 0.25) is 0 Å². The third kappa shape index (κ3) is 2.80. The van der Waals surface area contributed by atoms with Gasteiger partial charge in [0.1, 0.15) is 0 Å². The van der Waals surface area contributed by atoms with Crippen LogP contribution < -0.4 is 0 Å². The van der Waals surface area contributed by atoms with E-state index in [-0.39, 0.29) is 11.3 Å². The van der Waals surface area contributed by atoms with Crippen molar-refractivity contribution < 1.29 is 0 Å². The molecule has 0 saturated carbocycles. The highest BCUT2D eigenvalue weighted by Crippen LogP contribution is 2.46. The zero-order valence-corrected chi connectivity index (χ0v) is 15.0. The summed E-state index contributed by atoms with van der Waals surface area (Å²) in [6.45, 7) is 25.0. The summed E-state index contributed by atoms with van der Waals surface area (Å²) in [5, 5.41) is 20.3. The predicted molar refractivity (Wildman–Crippen MR) is 98.7 cm³/mol. The van der Waals surface area contributed by atoms with Crippen molar-refractivity contribution in [2.24, 2.45) is 0 Å². The molecule has 0 amide bonds. The number of nitriles is 2. The maximum atomic E-state index is 9.73. The maximum Gasteiger partial charge on any atom is 0.188 e. The Morgan fingerprint density at radius 2 is 1.64 bits per heavy atom. The molecule has 2 aromatic rings. The molecule has 0 N–H and O–H groups in total. The lowest BCUT2D eigenvalue weighted by molar-refractivity contribution is 0.593. The van der Waals surface area contributed by atoms with Crippen LogP contribution in [-0.2, 0) is 5.41 Å². The summed E-state index contributed by atoms with van der Waals surface area (Å²) in [5.74, 6) is 0.0322. The molecule has 0 bridgehead atoms. The van der Waals surface area contributed by atoms with Crippen molar-refractivity contribution >= 4 is 22.1 Å². The lowest BCUT2D eigenvalue weighted by Crippen LogP contribution is -2.12. The number of benzene rings is 2. The van der Waals surface area contributed by atoms with Gasteiger partial charge in [-0.15, -0.1) is 0 Å². The highest BCUT2D eigenvalue weighted by molar-refractivity contribution is 6.10. The lowest BCUT2D eigenvalue weighted by atomic mass is 9.80. The standard InChI is InChI=1S/C21H18N4/c1-12(2)14-9-17(24-6)19-18(15(14)11-23)13(10-22)8-16(20(19)25-7)21(3,4)5/h8-9,12H,1-5H3. The van der Waals surface area contributed by atoms with Crippen LogP contribution in [0.1, 0.15) is 62.8 Å². The summed E-state index contributed by atoms with van der Waals surface area (Å²) >= 11 is 0. The first-order valence-corrected chi connectivity index (χ1v) is 7.94. The van der Waals surface area contributed by atoms with Crippen molar-refractivity contribution in [1.82, 2.24) is 0 Å². The van der Waals surface area contributed by atoms with Gasteiger partial charge in [-0.1, -0.05) is 46.8 Å². The topological polar surface area (TPSA) is 56.3 Å². The lowest BCUT2D eigenvalue weighted by Gasteiger charge is -2.24. The van der Waals surface area contributed by atoms with Crippen LogP contribution in [0.4, 0.5) is 11.4 Å². The van der Waals surface area contributed by atoms with E-state index in [9.17, 15) is 10.5 Å². The molecule has 0 aliphatic heterocycles. The van der Waals surface area contributed by atoms with Gasteiger partial charge in [0, 0.05) is 0 Å². The van der Waals surface area contributed by atoms with E-state index >= 15 is 0 Å². The third-order valence-electron chi connectivity index (χ3n) is 4.28. The van der Waals surface area contributed by atoms with Gasteiger partial charge in [-0.2, -0.15) is 10.5 Å². The minimum Gasteiger partial charge on any atom is -0.239 e. The molecule has 25 heavy (non-hydrogen) atoms. The normalized spacial score (nSPS) is 10.8. The van der Waals surface area contributed by atoms with Crippen molar-refractivity contribution in [2.45, 2.75) is 46.0 Å². The summed E-state index contributed by atoms with van der Waals surface area (Å²) in [5.41, 5.74) is 2.51. The van der Waals surface area contributed by atoms with Gasteiger partial charge < -0.3 is 0 Å². The summed E-state index contributed by atoms with van der Waals surface area (Å²) < 4.78 is 0. The minimum atomic E-state index is -0.359. The summed E-state index contributed by atoms with van der Waals surface area (Å²) in [7, 11) is 0. The van der Waals surface area contributed by atoms with Gasteiger partial charge in [-0.05, 0) is 33.2 Å². The van der Waals surface area contributed by atoms with Crippen molar-refractivity contribution in [2.75, 3.05) is 0 Å². The van der Waals surface area contributed by atoms with E-state index in [0.717, 1.165) is 11.1 Å². The molecule has 0 radical (unpaired) electrons. The highest BCUT2D eigenvalue weighted by Gasteiger charge is 2.26. The molecule has 0 unspecified atom stereocenters. The molecule has 0 atom stereocenters. The first-order valence-electron chi connectivity index (χ1n) is 7.94. The molecular formula is C21H18N4. The number of nitrogens with zero attached hydrogens (tertiary/aromatic N) is 4. The summed E-state index contributed by atoms with van der Waals surface area (Å²) in [4.78, 5) is 7.30. The highest BCUT2D eigenvalue weighted by atomic mass is 14.7. The fourth-order valence-corrected chi connectivity index (χ4v) is 3.06. The van der Waals surface area contributed by atoms with Crippen LogP contribution >= 0.6 is 0 Å². The Morgan fingerprint density at radius 3 is 2.04 bits per heavy atom. The second kappa shape index (κ2) is 6.28. The minimum absolute atomic E-state index is 0.0322. The second-order valence-corrected chi connectivity index (χ2v) is 7.28. The van der Waals surface area contributed by atoms with Crippen LogP contribution in [0.5, 0.6) is 0 Å². The van der Waals surface area contributed by atoms with Gasteiger partial charge in [0.05, 0.1) is 36.4 Å². The van der Waals surface area contributed by atoms with Gasteiger partial charge in [0.15, 0.2) is 11.4 Å². The molecule has 0 aliphatic carbocycles. The Labute approximate surface area is 148 Å². The molecule has 122 valence electrons. The number of hydrogen-bond donors (Lipinski definition) is 0. The van der Waals surface area contributed by atoms with Gasteiger partial charge in [-0.25, -0.2) is 9.69 Å². The number of rotatable bonds is 1. The van der Waals surface area contributed by atoms with Gasteiger partial charge in [-0.3, -0.25) is 0 Å². The first-order chi connectivity index (χ1) is 11.7. The van der Waals surface area contributed by atoms with Gasteiger partial charge >= 0.3 is 0 Å². The van der Waals surface area contributed by atoms with Crippen molar-refractivity contribution in [1.29, 1.82) is 10.5 Å². The van der Waals surface area contributed by atoms with Crippen LogP contribution in [0, 0.1) is 35.8 Å². The predicted octanol–water partition coefficient (Wildman–Crippen LogP) is 6.11. The van der Waals surface area contributed by atoms with Crippen LogP contribution in [0.25, 0.3) is 20.5 Å². The van der Waals surface area contributed by atoms with Crippen molar-refractivity contribution in [3.05, 3.63) is 57.2 Å². The summed E-state index contributed by atoms with van der Waals surface area (Å²) in [6, 6.07) is 7.77. The van der Waals surface area contributed by atoms with Crippen molar-refractivity contribution in [3.63, 3.8) is 0 Å². The van der Waals surface area contributed by atoms with E-state index in [1.54, 1.807) is 12.1 Å². The van der Waals surface area contributed by atoms with E-state index in [1.807, 2.05) is 34.6 Å². The number of fused-ring (bicyclic) bond motifs is 1. The third-order valence-corrected chi connectivity index (χ3v) is 4.28. The maximum absolute atomic E-state index is 9.73. The van der Waals surface area contributed by atoms with Crippen LogP contribution in [0.15, 0.2) is 12.1 Å². The quantitative estimate of drug-likeness (QED) is 0.594. The smallest absolute Gasteiger partial charge is 0.188 e. The van der Waals surface area contributed by atoms with E-state index < -0.39 is 0 Å². The molecule has 0 fully saturated rings. The van der Waals surface area contributed by atoms with E-state index in [2.05, 4.69) is 21.8 Å². The Kier molecular flexibility index (Phi) is 4.52. The fourth-order valence-electron chi connectivity index (χ4n) is 3.06. The van der Waals surface area contributed by atoms with Crippen molar-refractivity contribution in [3.8, 4) is 12.1 Å². The molecule has 0 aromatic heterocycles. The fraction of sp³-hybridized carbons (Fsp3) is 0.333. The van der Waals surface area contributed by atoms with E-state index in [4.69, 9.17) is 13.1 Å². The van der Waals surface area contributed by atoms with Crippen LogP contribution in [0.2, 0.25) is 0 Å². The number of hydrogen-bond acceptors (Lipinski definition) is 2. The first kappa shape index (κ1) is 18.0. The SMILES string of the molecule is [C-]#[N+]c1cc(C(C)C)c(C#N)c2c(C#N)cc(C(C)(C)C)c([N+]#[C-])c12. The van der Waals surface area contributed by atoms with Gasteiger partial charge in [0.25, 0.3) is 0 Å². The van der Waals surface area contributed by atoms with Crippen LogP contribution in [0.3, 0.4) is 0 Å². The molecule has 0 heterocycles. The Hall–Kier alpha value is -3.34. The molecule has 4 nitrogen and oxygen atoms in total. The summed E-state index contributed by atoms with van der Waals surface area (Å²) in [6.07, 6.45) is 0. The Morgan fingerprint density at radius 1 is 1.00 bits per heavy atom. The van der Waals surface area contributed by atoms with E-state index in [0.29, 0.717) is 33.3 Å².